The van der Waals surface area contributed by atoms with E-state index in [9.17, 15) is 9.59 Å². The average Bonchev–Trinajstić information content (AvgIpc) is 2.35. The first kappa shape index (κ1) is 18.0. The van der Waals surface area contributed by atoms with Gasteiger partial charge >= 0.3 is 12.1 Å². The average molecular weight is 327 g/mol. The molecule has 0 aromatic heterocycles. The van der Waals surface area contributed by atoms with Gasteiger partial charge in [-0.3, -0.25) is 4.79 Å². The summed E-state index contributed by atoms with van der Waals surface area (Å²) in [6.07, 6.45) is 2.26. The van der Waals surface area contributed by atoms with E-state index in [2.05, 4.69) is 5.32 Å². The highest BCUT2D eigenvalue weighted by Gasteiger charge is 2.45. The highest BCUT2D eigenvalue weighted by Crippen LogP contribution is 2.41. The molecule has 2 aliphatic rings. The summed E-state index contributed by atoms with van der Waals surface area (Å²) >= 11 is 0. The number of fused-ring (bicyclic) bond motifs is 2. The maximum absolute atomic E-state index is 12.3. The molecule has 6 nitrogen and oxygen atoms in total. The summed E-state index contributed by atoms with van der Waals surface area (Å²) in [5.74, 6) is 0.461. The van der Waals surface area contributed by atoms with Crippen LogP contribution >= 0.6 is 0 Å². The van der Waals surface area contributed by atoms with E-state index in [1.807, 2.05) is 20.8 Å². The van der Waals surface area contributed by atoms with Gasteiger partial charge in [-0.25, -0.2) is 4.79 Å². The number of hydrogen-bond donors (Lipinski definition) is 1. The van der Waals surface area contributed by atoms with E-state index >= 15 is 0 Å². The summed E-state index contributed by atoms with van der Waals surface area (Å²) in [5, 5.41) is 2.99. The Balaban J connectivity index is 2.11. The van der Waals surface area contributed by atoms with Crippen LogP contribution in [0.5, 0.6) is 0 Å². The lowest BCUT2D eigenvalue weighted by Gasteiger charge is -2.46. The number of carbonyl (C=O) groups excluding carboxylic acids is 2. The van der Waals surface area contributed by atoms with Gasteiger partial charge in [0.15, 0.2) is 0 Å². The summed E-state index contributed by atoms with van der Waals surface area (Å²) in [6, 6.07) is 0. The van der Waals surface area contributed by atoms with Crippen molar-refractivity contribution in [2.45, 2.75) is 64.5 Å². The number of amides is 1. The Hall–Kier alpha value is -1.30. The van der Waals surface area contributed by atoms with Gasteiger partial charge in [-0.2, -0.15) is 0 Å². The third-order valence-corrected chi connectivity index (χ3v) is 4.29. The maximum atomic E-state index is 12.3. The Bertz CT molecular complexity index is 431. The largest absolute Gasteiger partial charge is 0.466 e. The molecule has 1 saturated heterocycles. The highest BCUT2D eigenvalue weighted by molar-refractivity contribution is 5.74. The van der Waals surface area contributed by atoms with Crippen molar-refractivity contribution in [2.75, 3.05) is 19.8 Å². The minimum atomic E-state index is -0.591. The van der Waals surface area contributed by atoms with Gasteiger partial charge in [0, 0.05) is 13.2 Å². The fourth-order valence-electron chi connectivity index (χ4n) is 3.78. The normalized spacial score (nSPS) is 30.4. The number of ether oxygens (including phenoxy) is 3. The lowest BCUT2D eigenvalue weighted by molar-refractivity contribution is -0.146. The molecule has 1 heterocycles. The van der Waals surface area contributed by atoms with Gasteiger partial charge in [-0.15, -0.1) is 0 Å². The van der Waals surface area contributed by atoms with E-state index in [1.54, 1.807) is 6.92 Å². The van der Waals surface area contributed by atoms with Crippen LogP contribution in [-0.2, 0) is 19.0 Å². The van der Waals surface area contributed by atoms with Crippen molar-refractivity contribution in [3.63, 3.8) is 0 Å². The third kappa shape index (κ3) is 5.37. The molecule has 0 aromatic carbocycles. The van der Waals surface area contributed by atoms with Crippen LogP contribution in [0.2, 0.25) is 0 Å². The van der Waals surface area contributed by atoms with Crippen LogP contribution in [-0.4, -0.2) is 43.0 Å². The summed E-state index contributed by atoms with van der Waals surface area (Å²) in [6.45, 7) is 9.00. The summed E-state index contributed by atoms with van der Waals surface area (Å²) in [4.78, 5) is 24.3. The van der Waals surface area contributed by atoms with Gasteiger partial charge in [0.25, 0.3) is 0 Å². The molecule has 0 radical (unpaired) electrons. The van der Waals surface area contributed by atoms with Crippen LogP contribution in [0.15, 0.2) is 0 Å². The second-order valence-corrected chi connectivity index (χ2v) is 7.80. The predicted molar refractivity (Wildman–Crippen MR) is 85.0 cm³/mol. The first-order valence-corrected chi connectivity index (χ1v) is 8.46. The van der Waals surface area contributed by atoms with Crippen molar-refractivity contribution in [1.29, 1.82) is 0 Å². The van der Waals surface area contributed by atoms with Gasteiger partial charge in [0.05, 0.1) is 18.6 Å². The first-order valence-electron chi connectivity index (χ1n) is 8.46. The molecule has 1 saturated carbocycles. The zero-order chi connectivity index (χ0) is 17.1. The van der Waals surface area contributed by atoms with E-state index in [0.29, 0.717) is 31.7 Å². The predicted octanol–water partition coefficient (Wildman–Crippen LogP) is 2.65. The Labute approximate surface area is 138 Å². The molecule has 2 atom stereocenters. The molecule has 2 bridgehead atoms. The van der Waals surface area contributed by atoms with Gasteiger partial charge in [-0.1, -0.05) is 0 Å². The molecule has 1 aliphatic heterocycles. The smallest absolute Gasteiger partial charge is 0.408 e. The lowest BCUT2D eigenvalue weighted by atomic mass is 9.68. The number of rotatable bonds is 4. The molecule has 0 spiro atoms. The minimum Gasteiger partial charge on any atom is -0.466 e. The third-order valence-electron chi connectivity index (χ3n) is 4.29. The Kier molecular flexibility index (Phi) is 5.55. The second kappa shape index (κ2) is 7.07. The van der Waals surface area contributed by atoms with Crippen molar-refractivity contribution in [1.82, 2.24) is 5.32 Å². The number of alkyl carbamates (subject to hydrolysis) is 1. The van der Waals surface area contributed by atoms with E-state index < -0.39 is 17.2 Å². The van der Waals surface area contributed by atoms with E-state index in [-0.39, 0.29) is 12.4 Å². The molecule has 1 N–H and O–H groups in total. The minimum absolute atomic E-state index is 0.188. The quantitative estimate of drug-likeness (QED) is 0.804. The molecule has 1 aliphatic carbocycles. The molecule has 1 amide bonds. The molecule has 2 rings (SSSR count). The number of carbonyl (C=O) groups is 2. The van der Waals surface area contributed by atoms with Gasteiger partial charge in [0.1, 0.15) is 5.60 Å². The van der Waals surface area contributed by atoms with Crippen molar-refractivity contribution >= 4 is 12.1 Å². The molecule has 0 aromatic rings. The zero-order valence-corrected chi connectivity index (χ0v) is 14.6. The fraction of sp³-hybridized carbons (Fsp3) is 0.882. The van der Waals surface area contributed by atoms with Crippen LogP contribution in [0, 0.1) is 11.8 Å². The van der Waals surface area contributed by atoms with Crippen LogP contribution in [0.1, 0.15) is 53.4 Å². The Morgan fingerprint density at radius 3 is 2.35 bits per heavy atom. The molecule has 2 unspecified atom stereocenters. The van der Waals surface area contributed by atoms with Crippen molar-refractivity contribution < 1.29 is 23.8 Å². The topological polar surface area (TPSA) is 73.9 Å². The molecule has 23 heavy (non-hydrogen) atoms. The summed E-state index contributed by atoms with van der Waals surface area (Å²) in [5.41, 5.74) is -1.16. The van der Waals surface area contributed by atoms with E-state index in [4.69, 9.17) is 14.2 Å². The number of nitrogens with one attached hydrogen (secondary N) is 1. The maximum Gasteiger partial charge on any atom is 0.408 e. The van der Waals surface area contributed by atoms with Gasteiger partial charge < -0.3 is 19.5 Å². The van der Waals surface area contributed by atoms with Crippen LogP contribution in [0.4, 0.5) is 4.79 Å². The van der Waals surface area contributed by atoms with E-state index in [0.717, 1.165) is 19.3 Å². The number of hydrogen-bond acceptors (Lipinski definition) is 5. The lowest BCUT2D eigenvalue weighted by Crippen LogP contribution is -2.57. The summed E-state index contributed by atoms with van der Waals surface area (Å²) < 4.78 is 16.1. The highest BCUT2D eigenvalue weighted by atomic mass is 16.6. The van der Waals surface area contributed by atoms with Crippen LogP contribution in [0.25, 0.3) is 0 Å². The SMILES string of the molecule is CCOC(=O)CC1(NC(=O)OC(C)(C)C)CC2COCC(C2)C1. The second-order valence-electron chi connectivity index (χ2n) is 7.80. The molecule has 6 heteroatoms. The van der Waals surface area contributed by atoms with E-state index in [1.165, 1.54) is 0 Å². The zero-order valence-electron chi connectivity index (χ0n) is 14.6. The first-order chi connectivity index (χ1) is 10.7. The monoisotopic (exact) mass is 327 g/mol. The Morgan fingerprint density at radius 1 is 1.22 bits per heavy atom. The fourth-order valence-corrected chi connectivity index (χ4v) is 3.78. The van der Waals surface area contributed by atoms with Gasteiger partial charge in [0.2, 0.25) is 0 Å². The van der Waals surface area contributed by atoms with Gasteiger partial charge in [-0.05, 0) is 58.8 Å². The molecular weight excluding hydrogens is 298 g/mol. The molecule has 2 fully saturated rings. The molecule has 132 valence electrons. The molecular formula is C17H29NO5. The van der Waals surface area contributed by atoms with Crippen LogP contribution < -0.4 is 5.32 Å². The standard InChI is InChI=1S/C17H29NO5/c1-5-22-14(19)9-17(18-15(20)23-16(2,3)4)7-12-6-13(8-17)11-21-10-12/h12-13H,5-11H2,1-4H3,(H,18,20). The van der Waals surface area contributed by atoms with Crippen molar-refractivity contribution in [3.8, 4) is 0 Å². The van der Waals surface area contributed by atoms with Crippen molar-refractivity contribution in [2.24, 2.45) is 11.8 Å². The van der Waals surface area contributed by atoms with Crippen molar-refractivity contribution in [3.05, 3.63) is 0 Å². The summed E-state index contributed by atoms with van der Waals surface area (Å²) in [7, 11) is 0. The van der Waals surface area contributed by atoms with Crippen LogP contribution in [0.3, 0.4) is 0 Å². The number of esters is 1. The Morgan fingerprint density at radius 2 is 1.83 bits per heavy atom.